The minimum Gasteiger partial charge on any atom is -0.478 e. The molecule has 1 heterocycles. The summed E-state index contributed by atoms with van der Waals surface area (Å²) in [6.07, 6.45) is 2.75. The van der Waals surface area contributed by atoms with Crippen LogP contribution in [0.3, 0.4) is 0 Å². The number of carboxylic acid groups (broad SMARTS) is 1. The molecule has 0 bridgehead atoms. The van der Waals surface area contributed by atoms with Crippen molar-refractivity contribution in [1.29, 1.82) is 0 Å². The van der Waals surface area contributed by atoms with Crippen molar-refractivity contribution in [2.45, 2.75) is 13.1 Å². The summed E-state index contributed by atoms with van der Waals surface area (Å²) in [5.74, 6) is -0.934. The third-order valence-electron chi connectivity index (χ3n) is 2.74. The summed E-state index contributed by atoms with van der Waals surface area (Å²) in [6, 6.07) is 7.86. The van der Waals surface area contributed by atoms with Gasteiger partial charge in [0, 0.05) is 24.5 Å². The molecule has 2 rings (SSSR count). The van der Waals surface area contributed by atoms with E-state index in [2.05, 4.69) is 9.88 Å². The molecule has 0 atom stereocenters. The summed E-state index contributed by atoms with van der Waals surface area (Å²) in [5.41, 5.74) is 4.95. The zero-order chi connectivity index (χ0) is 14.4. The maximum atomic E-state index is 10.5. The van der Waals surface area contributed by atoms with E-state index >= 15 is 0 Å². The Kier molecular flexibility index (Phi) is 5.03. The van der Waals surface area contributed by atoms with Crippen LogP contribution in [0.4, 0.5) is 0 Å². The Hall–Kier alpha value is -1.98. The summed E-state index contributed by atoms with van der Waals surface area (Å²) in [4.78, 5) is 17.0. The maximum absolute atomic E-state index is 10.5. The highest BCUT2D eigenvalue weighted by molar-refractivity contribution is 7.07. The summed E-state index contributed by atoms with van der Waals surface area (Å²) < 4.78 is 0. The van der Waals surface area contributed by atoms with Crippen LogP contribution in [-0.2, 0) is 17.9 Å². The van der Waals surface area contributed by atoms with Gasteiger partial charge in [-0.25, -0.2) is 9.78 Å². The highest BCUT2D eigenvalue weighted by Crippen LogP contribution is 2.11. The Morgan fingerprint density at radius 3 is 3.00 bits per heavy atom. The van der Waals surface area contributed by atoms with E-state index in [0.717, 1.165) is 36.0 Å². The molecule has 0 saturated carbocycles. The fourth-order valence-electron chi connectivity index (χ4n) is 1.92. The second kappa shape index (κ2) is 6.98. The zero-order valence-electron chi connectivity index (χ0n) is 11.2. The van der Waals surface area contributed by atoms with E-state index in [1.165, 1.54) is 0 Å². The lowest BCUT2D eigenvalue weighted by Crippen LogP contribution is -2.17. The summed E-state index contributed by atoms with van der Waals surface area (Å²) in [6.45, 7) is 1.60. The second-order valence-electron chi connectivity index (χ2n) is 4.57. The molecule has 2 aromatic rings. The number of rotatable bonds is 6. The number of hydrogen-bond donors (Lipinski definition) is 1. The van der Waals surface area contributed by atoms with Crippen LogP contribution < -0.4 is 0 Å². The fourth-order valence-corrected chi connectivity index (χ4v) is 2.47. The number of hydrogen-bond acceptors (Lipinski definition) is 4. The molecule has 0 aliphatic carbocycles. The van der Waals surface area contributed by atoms with Gasteiger partial charge in [-0.1, -0.05) is 24.3 Å². The molecule has 104 valence electrons. The lowest BCUT2D eigenvalue weighted by atomic mass is 10.1. The van der Waals surface area contributed by atoms with Crippen LogP contribution in [0.2, 0.25) is 0 Å². The average Bonchev–Trinajstić information content (AvgIpc) is 2.89. The van der Waals surface area contributed by atoms with Crippen molar-refractivity contribution in [3.05, 3.63) is 58.1 Å². The van der Waals surface area contributed by atoms with Crippen LogP contribution in [0.15, 0.2) is 41.2 Å². The zero-order valence-corrected chi connectivity index (χ0v) is 12.0. The quantitative estimate of drug-likeness (QED) is 0.830. The maximum Gasteiger partial charge on any atom is 0.328 e. The molecule has 4 nitrogen and oxygen atoms in total. The molecule has 1 aromatic carbocycles. The first-order valence-electron chi connectivity index (χ1n) is 6.19. The lowest BCUT2D eigenvalue weighted by molar-refractivity contribution is -0.131. The molecule has 0 amide bonds. The first kappa shape index (κ1) is 14.4. The molecule has 0 spiro atoms. The Bertz CT molecular complexity index is 594. The normalized spacial score (nSPS) is 11.3. The van der Waals surface area contributed by atoms with Crippen molar-refractivity contribution in [2.24, 2.45) is 0 Å². The van der Waals surface area contributed by atoms with E-state index < -0.39 is 5.97 Å². The van der Waals surface area contributed by atoms with Gasteiger partial charge in [-0.2, -0.15) is 0 Å². The van der Waals surface area contributed by atoms with E-state index in [4.69, 9.17) is 5.11 Å². The molecule has 5 heteroatoms. The number of aliphatic carboxylic acids is 1. The summed E-state index contributed by atoms with van der Waals surface area (Å²) >= 11 is 1.60. The minimum absolute atomic E-state index is 0.798. The lowest BCUT2D eigenvalue weighted by Gasteiger charge is -2.15. The molecular weight excluding hydrogens is 272 g/mol. The minimum atomic E-state index is -0.934. The van der Waals surface area contributed by atoms with Crippen molar-refractivity contribution in [3.8, 4) is 0 Å². The number of aromatic nitrogens is 1. The Labute approximate surface area is 122 Å². The first-order chi connectivity index (χ1) is 9.63. The number of nitrogens with zero attached hydrogens (tertiary/aromatic N) is 2. The summed E-state index contributed by atoms with van der Waals surface area (Å²) in [7, 11) is 2.04. The molecule has 0 unspecified atom stereocenters. The molecule has 0 aliphatic heterocycles. The van der Waals surface area contributed by atoms with Crippen molar-refractivity contribution in [2.75, 3.05) is 7.05 Å². The van der Waals surface area contributed by atoms with Gasteiger partial charge in [0.25, 0.3) is 0 Å². The molecule has 1 N–H and O–H groups in total. The van der Waals surface area contributed by atoms with Gasteiger partial charge in [-0.15, -0.1) is 11.3 Å². The van der Waals surface area contributed by atoms with Crippen LogP contribution in [0.25, 0.3) is 6.08 Å². The van der Waals surface area contributed by atoms with Crippen molar-refractivity contribution < 1.29 is 9.90 Å². The monoisotopic (exact) mass is 288 g/mol. The predicted octanol–water partition coefficient (Wildman–Crippen LogP) is 2.87. The number of carbonyl (C=O) groups is 1. The molecule has 0 saturated heterocycles. The van der Waals surface area contributed by atoms with Crippen molar-refractivity contribution in [3.63, 3.8) is 0 Å². The third-order valence-corrected chi connectivity index (χ3v) is 3.37. The van der Waals surface area contributed by atoms with Gasteiger partial charge in [-0.05, 0) is 24.3 Å². The molecular formula is C15H16N2O2S. The SMILES string of the molecule is CN(Cc1cccc(C=CC(=O)O)c1)Cc1cscn1. The van der Waals surface area contributed by atoms with E-state index in [-0.39, 0.29) is 0 Å². The largest absolute Gasteiger partial charge is 0.478 e. The molecule has 0 fully saturated rings. The predicted molar refractivity (Wildman–Crippen MR) is 80.4 cm³/mol. The van der Waals surface area contributed by atoms with E-state index in [1.54, 1.807) is 17.4 Å². The van der Waals surface area contributed by atoms with Gasteiger partial charge in [0.2, 0.25) is 0 Å². The standard InChI is InChI=1S/C15H16N2O2S/c1-17(9-14-10-20-11-16-14)8-13-4-2-3-12(7-13)5-6-15(18)19/h2-7,10-11H,8-9H2,1H3,(H,18,19). The first-order valence-corrected chi connectivity index (χ1v) is 7.13. The number of benzene rings is 1. The van der Waals surface area contributed by atoms with Gasteiger partial charge in [0.1, 0.15) is 0 Å². The van der Waals surface area contributed by atoms with Gasteiger partial charge < -0.3 is 5.11 Å². The van der Waals surface area contributed by atoms with Gasteiger partial charge in [-0.3, -0.25) is 4.90 Å². The Morgan fingerprint density at radius 1 is 1.45 bits per heavy atom. The van der Waals surface area contributed by atoms with E-state index in [9.17, 15) is 4.79 Å². The third kappa shape index (κ3) is 4.60. The fraction of sp³-hybridized carbons (Fsp3) is 0.200. The highest BCUT2D eigenvalue weighted by Gasteiger charge is 2.03. The number of thiazole rings is 1. The average molecular weight is 288 g/mol. The topological polar surface area (TPSA) is 53.4 Å². The van der Waals surface area contributed by atoms with Crippen molar-refractivity contribution in [1.82, 2.24) is 9.88 Å². The van der Waals surface area contributed by atoms with Crippen LogP contribution in [0.5, 0.6) is 0 Å². The van der Waals surface area contributed by atoms with E-state index in [1.807, 2.05) is 42.2 Å². The number of carboxylic acids is 1. The van der Waals surface area contributed by atoms with Gasteiger partial charge >= 0.3 is 5.97 Å². The van der Waals surface area contributed by atoms with Crippen molar-refractivity contribution >= 4 is 23.4 Å². The molecule has 0 radical (unpaired) electrons. The van der Waals surface area contributed by atoms with Crippen LogP contribution in [0, 0.1) is 0 Å². The Balaban J connectivity index is 1.98. The van der Waals surface area contributed by atoms with Crippen LogP contribution >= 0.6 is 11.3 Å². The second-order valence-corrected chi connectivity index (χ2v) is 5.29. The molecule has 20 heavy (non-hydrogen) atoms. The Morgan fingerprint density at radius 2 is 2.30 bits per heavy atom. The van der Waals surface area contributed by atoms with Crippen LogP contribution in [0.1, 0.15) is 16.8 Å². The van der Waals surface area contributed by atoms with Crippen LogP contribution in [-0.4, -0.2) is 28.0 Å². The molecule has 1 aromatic heterocycles. The summed E-state index contributed by atoms with van der Waals surface area (Å²) in [5, 5.41) is 10.7. The van der Waals surface area contributed by atoms with Gasteiger partial charge in [0.15, 0.2) is 0 Å². The van der Waals surface area contributed by atoms with E-state index in [0.29, 0.717) is 0 Å². The van der Waals surface area contributed by atoms with Gasteiger partial charge in [0.05, 0.1) is 11.2 Å². The highest BCUT2D eigenvalue weighted by atomic mass is 32.1. The molecule has 0 aliphatic rings. The smallest absolute Gasteiger partial charge is 0.328 e.